The molecule has 0 rings (SSSR count). The van der Waals surface area contributed by atoms with Crippen molar-refractivity contribution in [1.29, 1.82) is 0 Å². The summed E-state index contributed by atoms with van der Waals surface area (Å²) in [5, 5.41) is 0. The highest BCUT2D eigenvalue weighted by Crippen LogP contribution is 2.20. The first-order valence-corrected chi connectivity index (χ1v) is 7.81. The molecule has 5 nitrogen and oxygen atoms in total. The highest BCUT2D eigenvalue weighted by atomic mass is 16.2. The average molecular weight is 324 g/mol. The summed E-state index contributed by atoms with van der Waals surface area (Å²) in [5.74, 6) is -1.93. The minimum atomic E-state index is -0.631. The van der Waals surface area contributed by atoms with E-state index in [1.165, 1.54) is 0 Å². The molecule has 0 aliphatic heterocycles. The van der Waals surface area contributed by atoms with Gasteiger partial charge in [-0.1, -0.05) is 41.5 Å². The first-order valence-electron chi connectivity index (χ1n) is 7.81. The van der Waals surface area contributed by atoms with Gasteiger partial charge in [0, 0.05) is 11.8 Å². The van der Waals surface area contributed by atoms with Crippen molar-refractivity contribution in [1.82, 2.24) is 0 Å². The molecule has 0 radical (unpaired) electrons. The number of rotatable bonds is 9. The number of hydrogen-bond acceptors (Lipinski definition) is 5. The van der Waals surface area contributed by atoms with Gasteiger partial charge < -0.3 is 0 Å². The van der Waals surface area contributed by atoms with Gasteiger partial charge >= 0.3 is 0 Å². The van der Waals surface area contributed by atoms with Gasteiger partial charge in [-0.05, 0) is 5.41 Å². The van der Waals surface area contributed by atoms with E-state index in [-0.39, 0.29) is 36.2 Å². The Bertz CT molecular complexity index is 500. The Morgan fingerprint density at radius 1 is 0.565 bits per heavy atom. The van der Waals surface area contributed by atoms with Gasteiger partial charge in [0.1, 0.15) is 28.9 Å². The van der Waals surface area contributed by atoms with Crippen molar-refractivity contribution >= 4 is 28.9 Å². The number of Topliss-reactive ketones (excluding diaryl/α,β-unsaturated/α-hetero) is 5. The van der Waals surface area contributed by atoms with Crippen molar-refractivity contribution in [2.24, 2.45) is 10.8 Å². The van der Waals surface area contributed by atoms with Crippen molar-refractivity contribution in [3.05, 3.63) is 0 Å². The maximum atomic E-state index is 11.7. The third kappa shape index (κ3) is 10.7. The fourth-order valence-electron chi connectivity index (χ4n) is 1.95. The van der Waals surface area contributed by atoms with Crippen molar-refractivity contribution in [2.45, 2.75) is 73.6 Å². The lowest BCUT2D eigenvalue weighted by molar-refractivity contribution is -0.133. The lowest BCUT2D eigenvalue weighted by Gasteiger charge is -2.16. The zero-order valence-electron chi connectivity index (χ0n) is 15.1. The van der Waals surface area contributed by atoms with Gasteiger partial charge in [0.25, 0.3) is 0 Å². The van der Waals surface area contributed by atoms with Crippen LogP contribution < -0.4 is 0 Å². The van der Waals surface area contributed by atoms with Crippen LogP contribution in [0.3, 0.4) is 0 Å². The standard InChI is InChI=1S/C18H28O5/c1-17(2,3)11-15(22)9-13(20)7-12(19)8-14(21)10-16(23)18(4,5)6/h7-11H2,1-6H3. The van der Waals surface area contributed by atoms with Crippen molar-refractivity contribution < 1.29 is 24.0 Å². The maximum absolute atomic E-state index is 11.7. The summed E-state index contributed by atoms with van der Waals surface area (Å²) in [6, 6.07) is 0. The number of ketones is 5. The molecule has 0 amide bonds. The summed E-state index contributed by atoms with van der Waals surface area (Å²) >= 11 is 0. The van der Waals surface area contributed by atoms with E-state index >= 15 is 0 Å². The van der Waals surface area contributed by atoms with E-state index < -0.39 is 35.6 Å². The number of carbonyl (C=O) groups excluding carboxylic acids is 5. The zero-order chi connectivity index (χ0) is 18.4. The summed E-state index contributed by atoms with van der Waals surface area (Å²) in [5.41, 5.74) is -0.835. The average Bonchev–Trinajstić information content (AvgIpc) is 2.22. The molecule has 0 aromatic heterocycles. The molecule has 23 heavy (non-hydrogen) atoms. The van der Waals surface area contributed by atoms with Gasteiger partial charge in [0.15, 0.2) is 0 Å². The van der Waals surface area contributed by atoms with Crippen LogP contribution >= 0.6 is 0 Å². The summed E-state index contributed by atoms with van der Waals surface area (Å²) < 4.78 is 0. The largest absolute Gasteiger partial charge is 0.299 e. The molecule has 0 aliphatic carbocycles. The van der Waals surface area contributed by atoms with E-state index in [9.17, 15) is 24.0 Å². The Balaban J connectivity index is 4.29. The molecule has 0 spiro atoms. The Morgan fingerprint density at radius 3 is 1.26 bits per heavy atom. The van der Waals surface area contributed by atoms with Crippen LogP contribution in [0.2, 0.25) is 0 Å². The second-order valence-corrected chi connectivity index (χ2v) is 8.27. The number of carbonyl (C=O) groups is 5. The first kappa shape index (κ1) is 21.4. The second kappa shape index (κ2) is 8.27. The van der Waals surface area contributed by atoms with E-state index in [0.29, 0.717) is 0 Å². The van der Waals surface area contributed by atoms with E-state index in [2.05, 4.69) is 0 Å². The molecule has 0 N–H and O–H groups in total. The predicted octanol–water partition coefficient (Wildman–Crippen LogP) is 2.87. The van der Waals surface area contributed by atoms with Crippen LogP contribution in [0, 0.1) is 10.8 Å². The molecule has 130 valence electrons. The lowest BCUT2D eigenvalue weighted by Crippen LogP contribution is -2.24. The topological polar surface area (TPSA) is 85.3 Å². The molecule has 0 fully saturated rings. The molecule has 0 aliphatic rings. The molecule has 0 aromatic rings. The quantitative estimate of drug-likeness (QED) is 0.609. The monoisotopic (exact) mass is 324 g/mol. The van der Waals surface area contributed by atoms with Crippen LogP contribution in [-0.4, -0.2) is 28.9 Å². The molecule has 0 bridgehead atoms. The van der Waals surface area contributed by atoms with E-state index in [1.807, 2.05) is 20.8 Å². The van der Waals surface area contributed by atoms with Crippen LogP contribution in [0.15, 0.2) is 0 Å². The third-order valence-electron chi connectivity index (χ3n) is 3.10. The highest BCUT2D eigenvalue weighted by Gasteiger charge is 2.25. The fourth-order valence-corrected chi connectivity index (χ4v) is 1.95. The minimum absolute atomic E-state index is 0.204. The Hall–Kier alpha value is -1.65. The zero-order valence-corrected chi connectivity index (χ0v) is 15.1. The van der Waals surface area contributed by atoms with Crippen molar-refractivity contribution in [2.75, 3.05) is 0 Å². The molecule has 0 saturated heterocycles. The fraction of sp³-hybridized carbons (Fsp3) is 0.722. The molecule has 0 atom stereocenters. The Kier molecular flexibility index (Phi) is 7.68. The Morgan fingerprint density at radius 2 is 0.913 bits per heavy atom. The molecule has 0 unspecified atom stereocenters. The van der Waals surface area contributed by atoms with Crippen LogP contribution in [0.5, 0.6) is 0 Å². The highest BCUT2D eigenvalue weighted by molar-refractivity contribution is 6.14. The summed E-state index contributed by atoms with van der Waals surface area (Å²) in [4.78, 5) is 58.5. The smallest absolute Gasteiger partial charge is 0.147 e. The van der Waals surface area contributed by atoms with E-state index in [1.54, 1.807) is 20.8 Å². The second-order valence-electron chi connectivity index (χ2n) is 8.27. The van der Waals surface area contributed by atoms with Crippen LogP contribution in [0.4, 0.5) is 0 Å². The molecule has 5 heteroatoms. The van der Waals surface area contributed by atoms with Crippen LogP contribution in [0.1, 0.15) is 73.6 Å². The van der Waals surface area contributed by atoms with Crippen molar-refractivity contribution in [3.8, 4) is 0 Å². The lowest BCUT2D eigenvalue weighted by atomic mass is 9.87. The molecule has 0 aromatic carbocycles. The molecule has 0 saturated carbocycles. The summed E-state index contributed by atoms with van der Waals surface area (Å²) in [6.45, 7) is 10.8. The molecule has 0 heterocycles. The third-order valence-corrected chi connectivity index (χ3v) is 3.10. The normalized spacial score (nSPS) is 11.9. The Labute approximate surface area is 138 Å². The van der Waals surface area contributed by atoms with Gasteiger partial charge in [-0.3, -0.25) is 24.0 Å². The number of hydrogen-bond donors (Lipinski definition) is 0. The van der Waals surface area contributed by atoms with Crippen LogP contribution in [0.25, 0.3) is 0 Å². The van der Waals surface area contributed by atoms with Gasteiger partial charge in [-0.15, -0.1) is 0 Å². The van der Waals surface area contributed by atoms with E-state index in [0.717, 1.165) is 0 Å². The van der Waals surface area contributed by atoms with Crippen molar-refractivity contribution in [3.63, 3.8) is 0 Å². The summed E-state index contributed by atoms with van der Waals surface area (Å²) in [6.07, 6.45) is -1.16. The van der Waals surface area contributed by atoms with Gasteiger partial charge in [0.2, 0.25) is 0 Å². The summed E-state index contributed by atoms with van der Waals surface area (Å²) in [7, 11) is 0. The predicted molar refractivity (Wildman–Crippen MR) is 87.0 cm³/mol. The van der Waals surface area contributed by atoms with Crippen LogP contribution in [-0.2, 0) is 24.0 Å². The SMILES string of the molecule is CC(C)(C)CC(=O)CC(=O)CC(=O)CC(=O)CC(=O)C(C)(C)C. The maximum Gasteiger partial charge on any atom is 0.147 e. The minimum Gasteiger partial charge on any atom is -0.299 e. The molecular formula is C18H28O5. The van der Waals surface area contributed by atoms with Gasteiger partial charge in [0.05, 0.1) is 25.7 Å². The molecular weight excluding hydrogens is 296 g/mol. The van der Waals surface area contributed by atoms with E-state index in [4.69, 9.17) is 0 Å². The van der Waals surface area contributed by atoms with Gasteiger partial charge in [-0.2, -0.15) is 0 Å². The van der Waals surface area contributed by atoms with Gasteiger partial charge in [-0.25, -0.2) is 0 Å². The first-order chi connectivity index (χ1) is 10.2.